The number of hydrogen-bond acceptors (Lipinski definition) is 4. The van der Waals surface area contributed by atoms with Crippen LogP contribution in [0.15, 0.2) is 59.8 Å². The fourth-order valence-electron chi connectivity index (χ4n) is 2.71. The van der Waals surface area contributed by atoms with Gasteiger partial charge in [-0.15, -0.1) is 11.8 Å². The zero-order valence-electron chi connectivity index (χ0n) is 13.8. The summed E-state index contributed by atoms with van der Waals surface area (Å²) in [5.74, 6) is 0.695. The number of carbonyl (C=O) groups is 1. The summed E-state index contributed by atoms with van der Waals surface area (Å²) in [6, 6.07) is 15.9. The Labute approximate surface area is 146 Å². The van der Waals surface area contributed by atoms with Gasteiger partial charge in [0.2, 0.25) is 0 Å². The van der Waals surface area contributed by atoms with Gasteiger partial charge in [-0.1, -0.05) is 43.3 Å². The summed E-state index contributed by atoms with van der Waals surface area (Å²) in [5, 5.41) is 3.52. The first-order valence-electron chi connectivity index (χ1n) is 7.89. The highest BCUT2D eigenvalue weighted by molar-refractivity contribution is 7.99. The molecule has 0 unspecified atom stereocenters. The molecule has 3 aromatic rings. The fourth-order valence-corrected chi connectivity index (χ4v) is 3.45. The fraction of sp³-hybridized carbons (Fsp3) is 0.200. The predicted octanol–water partition coefficient (Wildman–Crippen LogP) is 4.72. The molecule has 122 valence electrons. The number of carbonyl (C=O) groups excluding carboxylic acids is 1. The molecule has 0 aliphatic heterocycles. The molecule has 0 N–H and O–H groups in total. The standard InChI is InChI=1S/C20H19NO2S/c1-3-24-19-18-7-5-4-6-17(18)16(13-21-19)12-14-8-10-15(11-9-14)20(22)23-2/h4-11,13H,3,12H2,1-2H3. The summed E-state index contributed by atoms with van der Waals surface area (Å²) in [6.45, 7) is 2.14. The van der Waals surface area contributed by atoms with Crippen LogP contribution in [0.3, 0.4) is 0 Å². The summed E-state index contributed by atoms with van der Waals surface area (Å²) in [6.07, 6.45) is 2.75. The van der Waals surface area contributed by atoms with E-state index >= 15 is 0 Å². The van der Waals surface area contributed by atoms with Crippen LogP contribution in [-0.4, -0.2) is 23.8 Å². The van der Waals surface area contributed by atoms with Crippen molar-refractivity contribution in [3.05, 3.63) is 71.4 Å². The van der Waals surface area contributed by atoms with Crippen molar-refractivity contribution in [2.75, 3.05) is 12.9 Å². The van der Waals surface area contributed by atoms with E-state index in [0.717, 1.165) is 22.8 Å². The normalized spacial score (nSPS) is 10.8. The van der Waals surface area contributed by atoms with Crippen molar-refractivity contribution in [3.63, 3.8) is 0 Å². The van der Waals surface area contributed by atoms with Crippen molar-refractivity contribution >= 4 is 28.5 Å². The molecule has 0 aliphatic carbocycles. The van der Waals surface area contributed by atoms with Crippen molar-refractivity contribution in [2.45, 2.75) is 18.4 Å². The van der Waals surface area contributed by atoms with Crippen LogP contribution in [0.1, 0.15) is 28.4 Å². The topological polar surface area (TPSA) is 39.2 Å². The highest BCUT2D eigenvalue weighted by Gasteiger charge is 2.09. The average molecular weight is 337 g/mol. The Bertz CT molecular complexity index is 859. The van der Waals surface area contributed by atoms with Crippen LogP contribution in [0.5, 0.6) is 0 Å². The molecule has 4 heteroatoms. The van der Waals surface area contributed by atoms with Crippen LogP contribution in [0.25, 0.3) is 10.8 Å². The second-order valence-electron chi connectivity index (χ2n) is 5.43. The van der Waals surface area contributed by atoms with E-state index < -0.39 is 0 Å². The third-order valence-electron chi connectivity index (χ3n) is 3.89. The van der Waals surface area contributed by atoms with Crippen molar-refractivity contribution in [2.24, 2.45) is 0 Å². The molecule has 1 aromatic heterocycles. The quantitative estimate of drug-likeness (QED) is 0.499. The lowest BCUT2D eigenvalue weighted by Crippen LogP contribution is -2.01. The number of thioether (sulfide) groups is 1. The molecule has 0 saturated heterocycles. The van der Waals surface area contributed by atoms with E-state index in [-0.39, 0.29) is 5.97 Å². The lowest BCUT2D eigenvalue weighted by atomic mass is 10.0. The molecule has 0 aliphatic rings. The van der Waals surface area contributed by atoms with Crippen molar-refractivity contribution in [1.82, 2.24) is 4.98 Å². The molecule has 0 bridgehead atoms. The molecule has 2 aromatic carbocycles. The Kier molecular flexibility index (Phi) is 5.16. The first-order valence-corrected chi connectivity index (χ1v) is 8.88. The highest BCUT2D eigenvalue weighted by Crippen LogP contribution is 2.29. The maximum absolute atomic E-state index is 11.5. The molecule has 24 heavy (non-hydrogen) atoms. The minimum absolute atomic E-state index is 0.311. The van der Waals surface area contributed by atoms with Gasteiger partial charge >= 0.3 is 5.97 Å². The van der Waals surface area contributed by atoms with E-state index in [4.69, 9.17) is 4.74 Å². The number of methoxy groups -OCH3 is 1. The van der Waals surface area contributed by atoms with Crippen LogP contribution in [0.4, 0.5) is 0 Å². The van der Waals surface area contributed by atoms with Gasteiger partial charge in [-0.2, -0.15) is 0 Å². The number of pyridine rings is 1. The van der Waals surface area contributed by atoms with Crippen LogP contribution in [0, 0.1) is 0 Å². The number of nitrogens with zero attached hydrogens (tertiary/aromatic N) is 1. The molecule has 0 radical (unpaired) electrons. The predicted molar refractivity (Wildman–Crippen MR) is 98.7 cm³/mol. The molecule has 0 spiro atoms. The smallest absolute Gasteiger partial charge is 0.337 e. The summed E-state index contributed by atoms with van der Waals surface area (Å²) in [7, 11) is 1.39. The van der Waals surface area contributed by atoms with E-state index in [1.54, 1.807) is 23.9 Å². The van der Waals surface area contributed by atoms with E-state index in [2.05, 4.69) is 36.2 Å². The van der Waals surface area contributed by atoms with E-state index in [0.29, 0.717) is 5.56 Å². The maximum Gasteiger partial charge on any atom is 0.337 e. The second-order valence-corrected chi connectivity index (χ2v) is 6.69. The average Bonchev–Trinajstić information content (AvgIpc) is 2.64. The van der Waals surface area contributed by atoms with Crippen molar-refractivity contribution < 1.29 is 9.53 Å². The van der Waals surface area contributed by atoms with Crippen LogP contribution in [0.2, 0.25) is 0 Å². The van der Waals surface area contributed by atoms with Gasteiger partial charge in [-0.05, 0) is 40.8 Å². The molecular weight excluding hydrogens is 318 g/mol. The van der Waals surface area contributed by atoms with Crippen LogP contribution < -0.4 is 0 Å². The minimum Gasteiger partial charge on any atom is -0.465 e. The molecule has 1 heterocycles. The van der Waals surface area contributed by atoms with Gasteiger partial charge in [0.15, 0.2) is 0 Å². The Hall–Kier alpha value is -2.33. The van der Waals surface area contributed by atoms with Gasteiger partial charge in [0, 0.05) is 11.6 Å². The zero-order chi connectivity index (χ0) is 16.9. The van der Waals surface area contributed by atoms with Crippen LogP contribution in [-0.2, 0) is 11.2 Å². The van der Waals surface area contributed by atoms with Gasteiger partial charge in [-0.25, -0.2) is 9.78 Å². The molecule has 0 amide bonds. The third kappa shape index (κ3) is 3.44. The maximum atomic E-state index is 11.5. The van der Waals surface area contributed by atoms with Gasteiger partial charge in [0.05, 0.1) is 12.7 Å². The first-order chi connectivity index (χ1) is 11.7. The molecular formula is C20H19NO2S. The largest absolute Gasteiger partial charge is 0.465 e. The molecule has 3 rings (SSSR count). The third-order valence-corrected chi connectivity index (χ3v) is 4.78. The summed E-state index contributed by atoms with van der Waals surface area (Å²) in [4.78, 5) is 16.2. The van der Waals surface area contributed by atoms with Crippen molar-refractivity contribution in [3.8, 4) is 0 Å². The van der Waals surface area contributed by atoms with Crippen LogP contribution >= 0.6 is 11.8 Å². The summed E-state index contributed by atoms with van der Waals surface area (Å²) in [5.41, 5.74) is 2.90. The molecule has 0 saturated carbocycles. The van der Waals surface area contributed by atoms with Gasteiger partial charge in [-0.3, -0.25) is 0 Å². The Balaban J connectivity index is 1.93. The Morgan fingerprint density at radius 2 is 1.79 bits per heavy atom. The number of benzene rings is 2. The van der Waals surface area contributed by atoms with E-state index in [1.165, 1.54) is 23.4 Å². The minimum atomic E-state index is -0.311. The number of esters is 1. The number of rotatable bonds is 5. The monoisotopic (exact) mass is 337 g/mol. The Morgan fingerprint density at radius 3 is 2.46 bits per heavy atom. The number of hydrogen-bond donors (Lipinski definition) is 0. The summed E-state index contributed by atoms with van der Waals surface area (Å²) < 4.78 is 4.74. The second kappa shape index (κ2) is 7.49. The zero-order valence-corrected chi connectivity index (χ0v) is 14.6. The van der Waals surface area contributed by atoms with Gasteiger partial charge in [0.25, 0.3) is 0 Å². The lowest BCUT2D eigenvalue weighted by molar-refractivity contribution is 0.0600. The number of ether oxygens (including phenoxy) is 1. The SMILES string of the molecule is CCSc1ncc(Cc2ccc(C(=O)OC)cc2)c2ccccc12. The van der Waals surface area contributed by atoms with Gasteiger partial charge < -0.3 is 4.74 Å². The molecule has 3 nitrogen and oxygen atoms in total. The van der Waals surface area contributed by atoms with E-state index in [1.807, 2.05) is 18.3 Å². The molecule has 0 fully saturated rings. The highest BCUT2D eigenvalue weighted by atomic mass is 32.2. The molecule has 0 atom stereocenters. The van der Waals surface area contributed by atoms with Crippen molar-refractivity contribution in [1.29, 1.82) is 0 Å². The number of aromatic nitrogens is 1. The summed E-state index contributed by atoms with van der Waals surface area (Å²) >= 11 is 1.76. The number of fused-ring (bicyclic) bond motifs is 1. The van der Waals surface area contributed by atoms with E-state index in [9.17, 15) is 4.79 Å². The first kappa shape index (κ1) is 16.5. The Morgan fingerprint density at radius 1 is 1.08 bits per heavy atom. The van der Waals surface area contributed by atoms with Gasteiger partial charge in [0.1, 0.15) is 5.03 Å². The lowest BCUT2D eigenvalue weighted by Gasteiger charge is -2.10.